The van der Waals surface area contributed by atoms with Crippen LogP contribution >= 0.6 is 11.6 Å². The van der Waals surface area contributed by atoms with Crippen LogP contribution in [0.3, 0.4) is 0 Å². The summed E-state index contributed by atoms with van der Waals surface area (Å²) in [6, 6.07) is 21.1. The van der Waals surface area contributed by atoms with Gasteiger partial charge in [-0.1, -0.05) is 66.2 Å². The van der Waals surface area contributed by atoms with E-state index in [0.717, 1.165) is 22.3 Å². The molecule has 0 saturated heterocycles. The van der Waals surface area contributed by atoms with Crippen LogP contribution in [-0.2, 0) is 4.74 Å². The molecule has 0 spiro atoms. The molecule has 0 saturated carbocycles. The van der Waals surface area contributed by atoms with Crippen molar-refractivity contribution in [1.82, 2.24) is 5.32 Å². The molecule has 0 bridgehead atoms. The number of benzene rings is 3. The molecule has 3 aromatic rings. The van der Waals surface area contributed by atoms with Crippen molar-refractivity contribution in [2.24, 2.45) is 0 Å². The molecule has 0 fully saturated rings. The maximum absolute atomic E-state index is 12.3. The minimum Gasteiger partial charge on any atom is -0.495 e. The van der Waals surface area contributed by atoms with Crippen molar-refractivity contribution in [3.8, 4) is 16.9 Å². The lowest BCUT2D eigenvalue weighted by Gasteiger charge is -2.19. The number of carbonyl (C=O) groups excluding carboxylic acids is 1. The summed E-state index contributed by atoms with van der Waals surface area (Å²) in [5, 5.41) is 23.7. The number of halogens is 1. The van der Waals surface area contributed by atoms with Crippen LogP contribution in [0.5, 0.6) is 5.75 Å². The molecule has 6 nitrogen and oxygen atoms in total. The zero-order chi connectivity index (χ0) is 23.4. The predicted molar refractivity (Wildman–Crippen MR) is 127 cm³/mol. The molecule has 0 aliphatic heterocycles. The topological polar surface area (TPSA) is 88.0 Å². The lowest BCUT2D eigenvalue weighted by atomic mass is 9.98. The van der Waals surface area contributed by atoms with Gasteiger partial charge < -0.3 is 25.0 Å². The molecular formula is C26H26ClNO5. The van der Waals surface area contributed by atoms with E-state index in [1.54, 1.807) is 18.2 Å². The molecule has 0 radical (unpaired) electrons. The third-order valence-electron chi connectivity index (χ3n) is 5.93. The van der Waals surface area contributed by atoms with Crippen molar-refractivity contribution in [1.29, 1.82) is 0 Å². The second-order valence-corrected chi connectivity index (χ2v) is 8.35. The van der Waals surface area contributed by atoms with Crippen LogP contribution in [-0.4, -0.2) is 42.7 Å². The van der Waals surface area contributed by atoms with Crippen LogP contribution in [0.2, 0.25) is 5.02 Å². The third kappa shape index (κ3) is 4.98. The summed E-state index contributed by atoms with van der Waals surface area (Å²) in [5.74, 6) is 0.467. The number of nitrogens with one attached hydrogen (secondary N) is 1. The molecule has 33 heavy (non-hydrogen) atoms. The lowest BCUT2D eigenvalue weighted by Crippen LogP contribution is -2.30. The Labute approximate surface area is 197 Å². The van der Waals surface area contributed by atoms with Gasteiger partial charge in [0.15, 0.2) is 0 Å². The van der Waals surface area contributed by atoms with E-state index in [2.05, 4.69) is 29.6 Å². The van der Waals surface area contributed by atoms with Gasteiger partial charge in [-0.25, -0.2) is 4.79 Å². The van der Waals surface area contributed by atoms with Gasteiger partial charge in [0.1, 0.15) is 18.5 Å². The number of hydrogen-bond acceptors (Lipinski definition) is 5. The Kier molecular flexibility index (Phi) is 7.18. The van der Waals surface area contributed by atoms with Crippen molar-refractivity contribution in [2.75, 3.05) is 20.3 Å². The minimum atomic E-state index is -1.14. The number of fused-ring (bicyclic) bond motifs is 3. The summed E-state index contributed by atoms with van der Waals surface area (Å²) in [7, 11) is 1.50. The van der Waals surface area contributed by atoms with Crippen LogP contribution in [0.15, 0.2) is 66.7 Å². The fourth-order valence-electron chi connectivity index (χ4n) is 4.22. The summed E-state index contributed by atoms with van der Waals surface area (Å²) in [5.41, 5.74) is 5.08. The van der Waals surface area contributed by atoms with Gasteiger partial charge in [0, 0.05) is 12.5 Å². The fourth-order valence-corrected chi connectivity index (χ4v) is 4.48. The van der Waals surface area contributed by atoms with E-state index in [1.165, 1.54) is 7.11 Å². The van der Waals surface area contributed by atoms with Gasteiger partial charge in [0.25, 0.3) is 0 Å². The van der Waals surface area contributed by atoms with Gasteiger partial charge in [-0.2, -0.15) is 0 Å². The number of hydrogen-bond donors (Lipinski definition) is 3. The number of alkyl carbamates (subject to hydrolysis) is 1. The first-order valence-corrected chi connectivity index (χ1v) is 11.2. The highest BCUT2D eigenvalue weighted by atomic mass is 35.5. The molecule has 3 aromatic carbocycles. The van der Waals surface area contributed by atoms with Crippen LogP contribution in [0, 0.1) is 0 Å². The van der Waals surface area contributed by atoms with Crippen molar-refractivity contribution < 1.29 is 24.5 Å². The van der Waals surface area contributed by atoms with Crippen LogP contribution in [0.4, 0.5) is 4.79 Å². The van der Waals surface area contributed by atoms with E-state index in [9.17, 15) is 15.0 Å². The highest BCUT2D eigenvalue weighted by molar-refractivity contribution is 6.32. The van der Waals surface area contributed by atoms with Gasteiger partial charge >= 0.3 is 6.09 Å². The van der Waals surface area contributed by atoms with E-state index < -0.39 is 18.3 Å². The highest BCUT2D eigenvalue weighted by Crippen LogP contribution is 2.44. The van der Waals surface area contributed by atoms with Crippen LogP contribution in [0.25, 0.3) is 11.1 Å². The second kappa shape index (κ2) is 10.3. The Hall–Kier alpha value is -3.06. The number of aliphatic hydroxyl groups excluding tert-OH is 2. The van der Waals surface area contributed by atoms with Crippen molar-refractivity contribution in [3.63, 3.8) is 0 Å². The number of rotatable bonds is 8. The zero-order valence-corrected chi connectivity index (χ0v) is 19.0. The van der Waals surface area contributed by atoms with Crippen molar-refractivity contribution in [2.45, 2.75) is 24.5 Å². The summed E-state index contributed by atoms with van der Waals surface area (Å²) in [6.45, 7) is 0.369. The standard InChI is InChI=1S/C26H26ClNO5/c1-32-24-11-10-16(14-22(24)27)25(30)23(29)12-13-28-26(31)33-15-21-19-8-4-2-6-17(19)18-7-3-5-9-20(18)21/h2-11,14,21,23,25,29-30H,12-13,15H2,1H3,(H,28,31). The fraction of sp³-hybridized carbons (Fsp3) is 0.269. The molecule has 1 aliphatic carbocycles. The number of ether oxygens (including phenoxy) is 2. The Morgan fingerprint density at radius 2 is 1.67 bits per heavy atom. The molecule has 0 heterocycles. The number of methoxy groups -OCH3 is 1. The summed E-state index contributed by atoms with van der Waals surface area (Å²) < 4.78 is 10.6. The van der Waals surface area contributed by atoms with Crippen LogP contribution < -0.4 is 10.1 Å². The van der Waals surface area contributed by atoms with Crippen molar-refractivity contribution in [3.05, 3.63) is 88.4 Å². The smallest absolute Gasteiger partial charge is 0.407 e. The van der Waals surface area contributed by atoms with Gasteiger partial charge in [0.05, 0.1) is 18.2 Å². The monoisotopic (exact) mass is 467 g/mol. The molecule has 3 N–H and O–H groups in total. The zero-order valence-electron chi connectivity index (χ0n) is 18.2. The first-order chi connectivity index (χ1) is 16.0. The van der Waals surface area contributed by atoms with Gasteiger partial charge in [-0.05, 0) is 46.4 Å². The van der Waals surface area contributed by atoms with E-state index in [0.29, 0.717) is 16.3 Å². The van der Waals surface area contributed by atoms with E-state index in [1.807, 2.05) is 24.3 Å². The molecule has 2 atom stereocenters. The Balaban J connectivity index is 1.28. The summed E-state index contributed by atoms with van der Waals surface area (Å²) in [4.78, 5) is 12.3. The quantitative estimate of drug-likeness (QED) is 0.448. The van der Waals surface area contributed by atoms with E-state index >= 15 is 0 Å². The van der Waals surface area contributed by atoms with Gasteiger partial charge in [0.2, 0.25) is 0 Å². The molecule has 2 unspecified atom stereocenters. The number of aliphatic hydroxyl groups is 2. The Morgan fingerprint density at radius 3 is 2.27 bits per heavy atom. The molecular weight excluding hydrogens is 442 g/mol. The summed E-state index contributed by atoms with van der Waals surface area (Å²) in [6.07, 6.45) is -2.64. The third-order valence-corrected chi connectivity index (χ3v) is 6.23. The highest BCUT2D eigenvalue weighted by Gasteiger charge is 2.29. The second-order valence-electron chi connectivity index (χ2n) is 7.95. The van der Waals surface area contributed by atoms with E-state index in [4.69, 9.17) is 21.1 Å². The first-order valence-electron chi connectivity index (χ1n) is 10.8. The predicted octanol–water partition coefficient (Wildman–Crippen LogP) is 4.67. The Morgan fingerprint density at radius 1 is 1.03 bits per heavy atom. The molecule has 7 heteroatoms. The average molecular weight is 468 g/mol. The lowest BCUT2D eigenvalue weighted by molar-refractivity contribution is 0.0136. The molecule has 1 aliphatic rings. The van der Waals surface area contributed by atoms with Crippen molar-refractivity contribution >= 4 is 17.7 Å². The maximum atomic E-state index is 12.3. The SMILES string of the molecule is COc1ccc(C(O)C(O)CCNC(=O)OCC2c3ccccc3-c3ccccc32)cc1Cl. The summed E-state index contributed by atoms with van der Waals surface area (Å²) >= 11 is 6.08. The Bertz CT molecular complexity index is 1090. The first kappa shape index (κ1) is 23.1. The normalized spacial score (nSPS) is 14.2. The largest absolute Gasteiger partial charge is 0.495 e. The molecule has 1 amide bonds. The number of amides is 1. The molecule has 172 valence electrons. The van der Waals surface area contributed by atoms with Gasteiger partial charge in [-0.15, -0.1) is 0 Å². The molecule has 4 rings (SSSR count). The minimum absolute atomic E-state index is 0.0182. The van der Waals surface area contributed by atoms with Crippen LogP contribution in [0.1, 0.15) is 35.1 Å². The van der Waals surface area contributed by atoms with Gasteiger partial charge in [-0.3, -0.25) is 0 Å². The average Bonchev–Trinajstić information content (AvgIpc) is 3.16. The maximum Gasteiger partial charge on any atom is 0.407 e. The number of carbonyl (C=O) groups is 1. The van der Waals surface area contributed by atoms with E-state index in [-0.39, 0.29) is 25.5 Å². The molecule has 0 aromatic heterocycles.